The first-order valence-corrected chi connectivity index (χ1v) is 6.18. The molecular weight excluding hydrogens is 268 g/mol. The number of nitriles is 1. The van der Waals surface area contributed by atoms with E-state index in [1.54, 1.807) is 48.8 Å². The molecular formula is C15H12N4O2. The molecule has 0 saturated carbocycles. The Balaban J connectivity index is 1.94. The van der Waals surface area contributed by atoms with Gasteiger partial charge in [-0.25, -0.2) is 0 Å². The fourth-order valence-corrected chi connectivity index (χ4v) is 1.63. The van der Waals surface area contributed by atoms with Crippen LogP contribution < -0.4 is 10.6 Å². The van der Waals surface area contributed by atoms with Crippen LogP contribution in [0.25, 0.3) is 0 Å². The minimum atomic E-state index is -0.813. The second kappa shape index (κ2) is 6.82. The first-order chi connectivity index (χ1) is 10.2. The van der Waals surface area contributed by atoms with Gasteiger partial charge in [0.15, 0.2) is 0 Å². The summed E-state index contributed by atoms with van der Waals surface area (Å²) in [4.78, 5) is 27.3. The second-order valence-electron chi connectivity index (χ2n) is 4.15. The molecule has 0 bridgehead atoms. The van der Waals surface area contributed by atoms with Crippen molar-refractivity contribution in [1.29, 1.82) is 5.26 Å². The van der Waals surface area contributed by atoms with Crippen molar-refractivity contribution in [3.8, 4) is 6.07 Å². The van der Waals surface area contributed by atoms with E-state index in [9.17, 15) is 9.59 Å². The van der Waals surface area contributed by atoms with Crippen LogP contribution in [-0.2, 0) is 16.1 Å². The van der Waals surface area contributed by atoms with Crippen LogP contribution in [0.5, 0.6) is 0 Å². The van der Waals surface area contributed by atoms with Crippen LogP contribution in [-0.4, -0.2) is 16.8 Å². The number of nitrogens with zero attached hydrogens (tertiary/aromatic N) is 2. The van der Waals surface area contributed by atoms with E-state index in [2.05, 4.69) is 15.6 Å². The quantitative estimate of drug-likeness (QED) is 0.826. The maximum atomic E-state index is 11.8. The van der Waals surface area contributed by atoms with Crippen LogP contribution in [0.3, 0.4) is 0 Å². The predicted octanol–water partition coefficient (Wildman–Crippen LogP) is 1.21. The van der Waals surface area contributed by atoms with Gasteiger partial charge in [-0.2, -0.15) is 5.26 Å². The number of rotatable bonds is 3. The lowest BCUT2D eigenvalue weighted by Crippen LogP contribution is -2.35. The molecule has 21 heavy (non-hydrogen) atoms. The molecule has 6 heteroatoms. The number of para-hydroxylation sites is 1. The molecule has 6 nitrogen and oxygen atoms in total. The van der Waals surface area contributed by atoms with Crippen LogP contribution >= 0.6 is 0 Å². The zero-order valence-corrected chi connectivity index (χ0v) is 11.0. The highest BCUT2D eigenvalue weighted by atomic mass is 16.2. The topological polar surface area (TPSA) is 94.9 Å². The summed E-state index contributed by atoms with van der Waals surface area (Å²) in [5.41, 5.74) is 1.44. The Labute approximate surface area is 121 Å². The lowest BCUT2D eigenvalue weighted by molar-refractivity contribution is -0.136. The van der Waals surface area contributed by atoms with Gasteiger partial charge in [-0.15, -0.1) is 0 Å². The zero-order chi connectivity index (χ0) is 15.1. The van der Waals surface area contributed by atoms with Gasteiger partial charge in [-0.3, -0.25) is 14.6 Å². The molecule has 0 fully saturated rings. The second-order valence-corrected chi connectivity index (χ2v) is 4.15. The van der Waals surface area contributed by atoms with Gasteiger partial charge in [0.05, 0.1) is 11.3 Å². The molecule has 2 aromatic rings. The smallest absolute Gasteiger partial charge is 0.313 e. The van der Waals surface area contributed by atoms with Gasteiger partial charge in [0, 0.05) is 18.9 Å². The molecule has 1 aromatic carbocycles. The van der Waals surface area contributed by atoms with Gasteiger partial charge >= 0.3 is 11.8 Å². The highest BCUT2D eigenvalue weighted by Crippen LogP contribution is 2.13. The fourth-order valence-electron chi connectivity index (χ4n) is 1.63. The molecule has 0 aliphatic rings. The van der Waals surface area contributed by atoms with Crippen molar-refractivity contribution in [2.24, 2.45) is 0 Å². The Morgan fingerprint density at radius 1 is 1.10 bits per heavy atom. The van der Waals surface area contributed by atoms with Gasteiger partial charge in [0.2, 0.25) is 0 Å². The Morgan fingerprint density at radius 3 is 2.52 bits per heavy atom. The molecule has 0 spiro atoms. The van der Waals surface area contributed by atoms with Crippen LogP contribution in [0.4, 0.5) is 5.69 Å². The number of pyridine rings is 1. The molecule has 0 saturated heterocycles. The molecule has 2 rings (SSSR count). The fraction of sp³-hybridized carbons (Fsp3) is 0.0667. The molecule has 2 amide bonds. The summed E-state index contributed by atoms with van der Waals surface area (Å²) in [6, 6.07) is 11.9. The number of carbonyl (C=O) groups excluding carboxylic acids is 2. The van der Waals surface area contributed by atoms with Crippen LogP contribution in [0.2, 0.25) is 0 Å². The maximum absolute atomic E-state index is 11.8. The molecule has 0 unspecified atom stereocenters. The van der Waals surface area contributed by atoms with Crippen molar-refractivity contribution >= 4 is 17.5 Å². The first kappa shape index (κ1) is 14.2. The average molecular weight is 280 g/mol. The van der Waals surface area contributed by atoms with E-state index in [4.69, 9.17) is 5.26 Å². The number of aromatic nitrogens is 1. The molecule has 2 N–H and O–H groups in total. The lowest BCUT2D eigenvalue weighted by Gasteiger charge is -2.07. The van der Waals surface area contributed by atoms with E-state index in [0.717, 1.165) is 5.56 Å². The number of carbonyl (C=O) groups is 2. The van der Waals surface area contributed by atoms with E-state index in [0.29, 0.717) is 11.3 Å². The van der Waals surface area contributed by atoms with Crippen LogP contribution in [0.15, 0.2) is 48.8 Å². The van der Waals surface area contributed by atoms with Crippen molar-refractivity contribution < 1.29 is 9.59 Å². The maximum Gasteiger partial charge on any atom is 0.313 e. The van der Waals surface area contributed by atoms with Gasteiger partial charge in [0.1, 0.15) is 6.07 Å². The third-order valence-corrected chi connectivity index (χ3v) is 2.70. The standard InChI is InChI=1S/C15H12N4O2/c16-9-12-3-1-2-4-13(12)19-15(21)14(20)18-10-11-5-7-17-8-6-11/h1-8H,10H2,(H,18,20)(H,19,21). The van der Waals surface area contributed by atoms with Crippen molar-refractivity contribution in [1.82, 2.24) is 10.3 Å². The minimum absolute atomic E-state index is 0.231. The van der Waals surface area contributed by atoms with Crippen molar-refractivity contribution in [2.45, 2.75) is 6.54 Å². The molecule has 1 heterocycles. The number of amides is 2. The van der Waals surface area contributed by atoms with E-state index >= 15 is 0 Å². The highest BCUT2D eigenvalue weighted by Gasteiger charge is 2.14. The molecule has 1 aromatic heterocycles. The number of nitrogens with one attached hydrogen (secondary N) is 2. The van der Waals surface area contributed by atoms with Gasteiger partial charge < -0.3 is 10.6 Å². The van der Waals surface area contributed by atoms with E-state index < -0.39 is 11.8 Å². The van der Waals surface area contributed by atoms with Crippen LogP contribution in [0, 0.1) is 11.3 Å². The predicted molar refractivity (Wildman–Crippen MR) is 75.9 cm³/mol. The highest BCUT2D eigenvalue weighted by molar-refractivity contribution is 6.39. The normalized spacial score (nSPS) is 9.48. The number of hydrogen-bond donors (Lipinski definition) is 2. The SMILES string of the molecule is N#Cc1ccccc1NC(=O)C(=O)NCc1ccncc1. The Morgan fingerprint density at radius 2 is 1.81 bits per heavy atom. The average Bonchev–Trinajstić information content (AvgIpc) is 2.54. The molecule has 0 aliphatic carbocycles. The van der Waals surface area contributed by atoms with Gasteiger partial charge in [0.25, 0.3) is 0 Å². The van der Waals surface area contributed by atoms with Crippen LogP contribution in [0.1, 0.15) is 11.1 Å². The molecule has 0 aliphatic heterocycles. The van der Waals surface area contributed by atoms with Crippen molar-refractivity contribution in [3.05, 3.63) is 59.9 Å². The molecule has 104 valence electrons. The van der Waals surface area contributed by atoms with Gasteiger partial charge in [-0.1, -0.05) is 12.1 Å². The van der Waals surface area contributed by atoms with Crippen molar-refractivity contribution in [2.75, 3.05) is 5.32 Å². The summed E-state index contributed by atoms with van der Waals surface area (Å²) in [6.07, 6.45) is 3.20. The number of benzene rings is 1. The number of hydrogen-bond acceptors (Lipinski definition) is 4. The van der Waals surface area contributed by atoms with E-state index in [-0.39, 0.29) is 6.54 Å². The Bertz CT molecular complexity index is 692. The van der Waals surface area contributed by atoms with Crippen molar-refractivity contribution in [3.63, 3.8) is 0 Å². The monoisotopic (exact) mass is 280 g/mol. The zero-order valence-electron chi connectivity index (χ0n) is 11.0. The third-order valence-electron chi connectivity index (χ3n) is 2.70. The number of anilines is 1. The van der Waals surface area contributed by atoms with Gasteiger partial charge in [-0.05, 0) is 29.8 Å². The Hall–Kier alpha value is -3.20. The summed E-state index contributed by atoms with van der Waals surface area (Å²) in [7, 11) is 0. The lowest BCUT2D eigenvalue weighted by atomic mass is 10.2. The summed E-state index contributed by atoms with van der Waals surface area (Å²) < 4.78 is 0. The van der Waals surface area contributed by atoms with E-state index in [1.807, 2.05) is 6.07 Å². The minimum Gasteiger partial charge on any atom is -0.344 e. The summed E-state index contributed by atoms with van der Waals surface area (Å²) in [5.74, 6) is -1.58. The molecule has 0 atom stereocenters. The Kier molecular flexibility index (Phi) is 4.62. The molecule has 0 radical (unpaired) electrons. The van der Waals surface area contributed by atoms with E-state index in [1.165, 1.54) is 0 Å². The summed E-state index contributed by atoms with van der Waals surface area (Å²) >= 11 is 0. The third kappa shape index (κ3) is 3.88. The summed E-state index contributed by atoms with van der Waals surface area (Å²) in [6.45, 7) is 0.231. The largest absolute Gasteiger partial charge is 0.344 e. The first-order valence-electron chi connectivity index (χ1n) is 6.18. The summed E-state index contributed by atoms with van der Waals surface area (Å²) in [5, 5.41) is 13.8.